The third-order valence-corrected chi connectivity index (χ3v) is 8.67. The van der Waals surface area contributed by atoms with Crippen molar-refractivity contribution in [1.82, 2.24) is 28.7 Å². The zero-order valence-electron chi connectivity index (χ0n) is 23.5. The van der Waals surface area contributed by atoms with Crippen LogP contribution in [0.2, 0.25) is 0 Å². The van der Waals surface area contributed by atoms with Crippen molar-refractivity contribution in [1.29, 1.82) is 5.41 Å². The molecule has 1 unspecified atom stereocenters. The first-order valence-electron chi connectivity index (χ1n) is 13.9. The van der Waals surface area contributed by atoms with E-state index in [1.165, 1.54) is 11.3 Å². The Hall–Kier alpha value is -3.66. The lowest BCUT2D eigenvalue weighted by atomic mass is 9.90. The zero-order valence-corrected chi connectivity index (χ0v) is 23.5. The van der Waals surface area contributed by atoms with Gasteiger partial charge in [-0.15, -0.1) is 0 Å². The summed E-state index contributed by atoms with van der Waals surface area (Å²) in [5.41, 5.74) is 5.91. The van der Waals surface area contributed by atoms with Gasteiger partial charge in [0.25, 0.3) is 11.5 Å². The number of nitrogens with one attached hydrogen (secondary N) is 2. The second kappa shape index (κ2) is 9.22. The van der Waals surface area contributed by atoms with Crippen molar-refractivity contribution in [2.45, 2.75) is 65.6 Å². The van der Waals surface area contributed by atoms with E-state index in [4.69, 9.17) is 5.41 Å². The number of pyridine rings is 1. The highest BCUT2D eigenvalue weighted by Gasteiger charge is 2.37. The number of nitrogens with zero attached hydrogens (tertiary/aromatic N) is 6. The minimum Gasteiger partial charge on any atom is -0.339 e. The van der Waals surface area contributed by atoms with Gasteiger partial charge in [0.2, 0.25) is 0 Å². The summed E-state index contributed by atoms with van der Waals surface area (Å²) >= 11 is 0. The number of carbonyl (C=O) groups is 1. The average molecular weight is 531 g/mol. The Balaban J connectivity index is 1.14. The van der Waals surface area contributed by atoms with E-state index in [0.29, 0.717) is 42.4 Å². The van der Waals surface area contributed by atoms with Crippen LogP contribution in [0.25, 0.3) is 0 Å². The molecule has 1 aliphatic carbocycles. The smallest absolute Gasteiger partial charge is 0.275 e. The largest absolute Gasteiger partial charge is 0.339 e. The Kier molecular flexibility index (Phi) is 6.05. The second-order valence-electron chi connectivity index (χ2n) is 12.2. The summed E-state index contributed by atoms with van der Waals surface area (Å²) in [5.74, 6) is 0.896. The molecule has 3 aromatic rings. The maximum Gasteiger partial charge on any atom is 0.275 e. The van der Waals surface area contributed by atoms with Gasteiger partial charge in [0.05, 0.1) is 12.2 Å². The Bertz CT molecular complexity index is 1540. The van der Waals surface area contributed by atoms with Crippen molar-refractivity contribution in [3.8, 4) is 0 Å². The molecule has 10 heteroatoms. The second-order valence-corrected chi connectivity index (χ2v) is 12.2. The van der Waals surface area contributed by atoms with Gasteiger partial charge >= 0.3 is 0 Å². The molecule has 0 bridgehead atoms. The highest BCUT2D eigenvalue weighted by atomic mass is 16.2. The average Bonchev–Trinajstić information content (AvgIpc) is 3.53. The van der Waals surface area contributed by atoms with Crippen molar-refractivity contribution in [2.75, 3.05) is 25.5 Å². The number of hydrogen-bond acceptors (Lipinski definition) is 6. The van der Waals surface area contributed by atoms with Crippen molar-refractivity contribution >= 4 is 23.2 Å². The molecular formula is C29H38N8O2. The molecule has 5 heterocycles. The van der Waals surface area contributed by atoms with E-state index in [9.17, 15) is 9.59 Å². The third kappa shape index (κ3) is 4.50. The van der Waals surface area contributed by atoms with E-state index in [0.717, 1.165) is 43.7 Å². The number of amidine groups is 1. The number of aromatic nitrogens is 4. The number of likely N-dealkylation sites (N-methyl/N-ethyl adjacent to an activating group) is 1. The molecule has 39 heavy (non-hydrogen) atoms. The maximum absolute atomic E-state index is 13.3. The van der Waals surface area contributed by atoms with Gasteiger partial charge < -0.3 is 14.5 Å². The summed E-state index contributed by atoms with van der Waals surface area (Å²) in [7, 11) is 3.84. The highest BCUT2D eigenvalue weighted by molar-refractivity contribution is 6.05. The number of hydrogen-bond donors (Lipinski definition) is 2. The van der Waals surface area contributed by atoms with Crippen LogP contribution in [-0.4, -0.2) is 60.6 Å². The van der Waals surface area contributed by atoms with Crippen LogP contribution in [0.1, 0.15) is 66.2 Å². The molecule has 6 rings (SSSR count). The van der Waals surface area contributed by atoms with Crippen molar-refractivity contribution < 1.29 is 4.79 Å². The van der Waals surface area contributed by atoms with Crippen LogP contribution in [0.3, 0.4) is 0 Å². The third-order valence-electron chi connectivity index (χ3n) is 8.67. The van der Waals surface area contributed by atoms with Crippen LogP contribution in [-0.2, 0) is 39.4 Å². The maximum atomic E-state index is 13.3. The van der Waals surface area contributed by atoms with E-state index in [-0.39, 0.29) is 22.9 Å². The number of fused-ring (bicyclic) bond motifs is 4. The number of aryl methyl sites for hydroxylation is 2. The van der Waals surface area contributed by atoms with Gasteiger partial charge in [-0.1, -0.05) is 13.8 Å². The van der Waals surface area contributed by atoms with Crippen molar-refractivity contribution in [3.05, 3.63) is 63.0 Å². The lowest BCUT2D eigenvalue weighted by Crippen LogP contribution is -2.44. The molecule has 3 aliphatic rings. The summed E-state index contributed by atoms with van der Waals surface area (Å²) in [6.45, 7) is 9.70. The Morgan fingerprint density at radius 3 is 2.69 bits per heavy atom. The lowest BCUT2D eigenvalue weighted by molar-refractivity contribution is 0.0802. The minimum atomic E-state index is -0.131. The Morgan fingerprint density at radius 2 is 1.90 bits per heavy atom. The first-order chi connectivity index (χ1) is 18.5. The number of amides is 1. The molecular weight excluding hydrogens is 492 g/mol. The van der Waals surface area contributed by atoms with Crippen LogP contribution in [0.5, 0.6) is 0 Å². The van der Waals surface area contributed by atoms with Gasteiger partial charge in [0.1, 0.15) is 17.2 Å². The summed E-state index contributed by atoms with van der Waals surface area (Å²) in [4.78, 5) is 30.1. The number of carbonyl (C=O) groups excluding carboxylic acids is 1. The first kappa shape index (κ1) is 25.6. The predicted molar refractivity (Wildman–Crippen MR) is 151 cm³/mol. The molecule has 2 N–H and O–H groups in total. The summed E-state index contributed by atoms with van der Waals surface area (Å²) in [5, 5.41) is 16.6. The molecule has 206 valence electrons. The van der Waals surface area contributed by atoms with E-state index in [2.05, 4.69) is 47.7 Å². The summed E-state index contributed by atoms with van der Waals surface area (Å²) < 4.78 is 5.74. The fourth-order valence-electron chi connectivity index (χ4n) is 6.39. The zero-order chi connectivity index (χ0) is 27.6. The Morgan fingerprint density at radius 1 is 1.10 bits per heavy atom. The van der Waals surface area contributed by atoms with Crippen LogP contribution >= 0.6 is 0 Å². The topological polar surface area (TPSA) is 104 Å². The molecule has 2 aliphatic heterocycles. The van der Waals surface area contributed by atoms with E-state index in [1.54, 1.807) is 16.5 Å². The standard InChI is InChI=1S/C29H38N8O2/c1-18-22-14-26(32-37(22)11-8-33(18)4)31-21-12-19(17-34(5)27(21)38)6-7-25(30)36-10-9-35-23(28(36)39)13-20-15-29(2,3)16-24(20)35/h12-14,17-18,30H,6-11,15-16H2,1-5H3,(H,31,32). The highest BCUT2D eigenvalue weighted by Crippen LogP contribution is 2.39. The van der Waals surface area contributed by atoms with Crippen molar-refractivity contribution in [2.24, 2.45) is 12.5 Å². The van der Waals surface area contributed by atoms with Gasteiger partial charge in [0.15, 0.2) is 5.82 Å². The molecule has 0 saturated heterocycles. The summed E-state index contributed by atoms with van der Waals surface area (Å²) in [6, 6.07) is 6.16. The quantitative estimate of drug-likeness (QED) is 0.389. The SMILES string of the molecule is CC1c2cc(Nc3cc(CCC(=N)N4CCn5c(cc6c5CC(C)(C)C6)C4=O)cn(C)c3=O)nn2CCN1C. The van der Waals surface area contributed by atoms with Gasteiger partial charge in [-0.05, 0) is 61.9 Å². The van der Waals surface area contributed by atoms with Crippen LogP contribution in [0.15, 0.2) is 29.2 Å². The monoisotopic (exact) mass is 530 g/mol. The van der Waals surface area contributed by atoms with Crippen LogP contribution in [0, 0.1) is 10.8 Å². The normalized spacial score (nSPS) is 20.1. The van der Waals surface area contributed by atoms with E-state index in [1.807, 2.05) is 29.1 Å². The molecule has 3 aromatic heterocycles. The van der Waals surface area contributed by atoms with Gasteiger partial charge in [0, 0.05) is 57.1 Å². The first-order valence-corrected chi connectivity index (χ1v) is 13.9. The molecule has 0 radical (unpaired) electrons. The van der Waals surface area contributed by atoms with E-state index >= 15 is 0 Å². The molecule has 10 nitrogen and oxygen atoms in total. The molecule has 0 saturated carbocycles. The summed E-state index contributed by atoms with van der Waals surface area (Å²) in [6.07, 6.45) is 4.77. The lowest BCUT2D eigenvalue weighted by Gasteiger charge is -2.30. The molecule has 0 aromatic carbocycles. The van der Waals surface area contributed by atoms with Crippen molar-refractivity contribution in [3.63, 3.8) is 0 Å². The molecule has 0 fully saturated rings. The number of rotatable bonds is 5. The Labute approximate surface area is 228 Å². The van der Waals surface area contributed by atoms with Gasteiger partial charge in [-0.2, -0.15) is 5.10 Å². The van der Waals surface area contributed by atoms with Crippen LogP contribution < -0.4 is 10.9 Å². The van der Waals surface area contributed by atoms with Gasteiger partial charge in [-0.3, -0.25) is 29.5 Å². The van der Waals surface area contributed by atoms with Gasteiger partial charge in [-0.25, -0.2) is 0 Å². The predicted octanol–water partition coefficient (Wildman–Crippen LogP) is 3.32. The fourth-order valence-corrected chi connectivity index (χ4v) is 6.39. The molecule has 1 atom stereocenters. The molecule has 0 spiro atoms. The minimum absolute atomic E-state index is 0.0788. The number of anilines is 2. The fraction of sp³-hybridized carbons (Fsp3) is 0.517. The van der Waals surface area contributed by atoms with Crippen LogP contribution in [0.4, 0.5) is 11.5 Å². The van der Waals surface area contributed by atoms with E-state index < -0.39 is 0 Å². The molecule has 1 amide bonds.